The summed E-state index contributed by atoms with van der Waals surface area (Å²) >= 11 is 0. The summed E-state index contributed by atoms with van der Waals surface area (Å²) in [6, 6.07) is 1.65. The summed E-state index contributed by atoms with van der Waals surface area (Å²) in [5.74, 6) is 0.432. The summed E-state index contributed by atoms with van der Waals surface area (Å²) in [5, 5.41) is 12.5. The van der Waals surface area contributed by atoms with Crippen LogP contribution in [0.1, 0.15) is 37.0 Å². The molecule has 0 aliphatic heterocycles. The van der Waals surface area contributed by atoms with E-state index in [0.29, 0.717) is 5.76 Å². The minimum absolute atomic E-state index is 0.0633. The highest BCUT2D eigenvalue weighted by atomic mass is 16.5. The van der Waals surface area contributed by atoms with Crippen molar-refractivity contribution >= 4 is 5.91 Å². The van der Waals surface area contributed by atoms with E-state index in [1.54, 1.807) is 13.1 Å². The van der Waals surface area contributed by atoms with E-state index in [-0.39, 0.29) is 30.2 Å². The Morgan fingerprint density at radius 2 is 2.19 bits per heavy atom. The molecule has 0 aliphatic rings. The van der Waals surface area contributed by atoms with Crippen molar-refractivity contribution in [2.75, 3.05) is 20.2 Å². The van der Waals surface area contributed by atoms with Gasteiger partial charge in [0.2, 0.25) is 0 Å². The minimum Gasteiger partial charge on any atom is -0.395 e. The Morgan fingerprint density at radius 3 is 2.62 bits per heavy atom. The Labute approximate surface area is 95.0 Å². The number of amides is 1. The number of likely N-dealkylation sites (N-methyl/N-ethyl adjacent to an activating group) is 1. The summed E-state index contributed by atoms with van der Waals surface area (Å²) in [5.41, 5.74) is 0.113. The van der Waals surface area contributed by atoms with Crippen LogP contribution in [-0.2, 0) is 5.41 Å². The molecule has 0 bridgehead atoms. The molecular weight excluding hydrogens is 208 g/mol. The van der Waals surface area contributed by atoms with Gasteiger partial charge in [-0.25, -0.2) is 0 Å². The van der Waals surface area contributed by atoms with Crippen LogP contribution in [0.2, 0.25) is 0 Å². The number of hydrogen-bond donors (Lipinski definition) is 1. The predicted octanol–water partition coefficient (Wildman–Crippen LogP) is 1.04. The van der Waals surface area contributed by atoms with Gasteiger partial charge in [0.15, 0.2) is 5.69 Å². The molecule has 1 N–H and O–H groups in total. The molecule has 1 amide bonds. The van der Waals surface area contributed by atoms with Crippen LogP contribution in [0.25, 0.3) is 0 Å². The maximum Gasteiger partial charge on any atom is 0.275 e. The molecule has 5 heteroatoms. The van der Waals surface area contributed by atoms with Crippen LogP contribution in [0, 0.1) is 0 Å². The molecule has 1 rings (SSSR count). The highest BCUT2D eigenvalue weighted by molar-refractivity contribution is 5.92. The standard InChI is InChI=1S/C11H18N2O3/c1-11(2,3)9-7-8(12-16-9)10(15)13(4)5-6-14/h7,14H,5-6H2,1-4H3. The lowest BCUT2D eigenvalue weighted by Gasteiger charge is -2.13. The van der Waals surface area contributed by atoms with Crippen LogP contribution in [0.4, 0.5) is 0 Å². The summed E-state index contributed by atoms with van der Waals surface area (Å²) < 4.78 is 5.12. The number of aliphatic hydroxyl groups is 1. The molecule has 0 unspecified atom stereocenters. The number of carbonyl (C=O) groups is 1. The Morgan fingerprint density at radius 1 is 1.56 bits per heavy atom. The molecule has 0 aromatic carbocycles. The van der Waals surface area contributed by atoms with Crippen LogP contribution in [-0.4, -0.2) is 41.3 Å². The first-order valence-electron chi connectivity index (χ1n) is 5.20. The lowest BCUT2D eigenvalue weighted by molar-refractivity contribution is 0.0756. The Hall–Kier alpha value is -1.36. The Kier molecular flexibility index (Phi) is 3.70. The Bertz CT molecular complexity index is 366. The van der Waals surface area contributed by atoms with Gasteiger partial charge in [0.25, 0.3) is 5.91 Å². The second kappa shape index (κ2) is 4.65. The van der Waals surface area contributed by atoms with Gasteiger partial charge in [-0.05, 0) is 0 Å². The number of carbonyl (C=O) groups excluding carboxylic acids is 1. The van der Waals surface area contributed by atoms with Crippen molar-refractivity contribution in [3.8, 4) is 0 Å². The average molecular weight is 226 g/mol. The van der Waals surface area contributed by atoms with Gasteiger partial charge in [0.05, 0.1) is 6.61 Å². The molecule has 0 atom stereocenters. The molecule has 1 heterocycles. The molecule has 0 saturated heterocycles. The molecule has 0 radical (unpaired) electrons. The van der Waals surface area contributed by atoms with Gasteiger partial charge in [-0.1, -0.05) is 25.9 Å². The molecule has 0 fully saturated rings. The maximum atomic E-state index is 11.8. The number of aromatic nitrogens is 1. The maximum absolute atomic E-state index is 11.8. The van der Waals surface area contributed by atoms with Crippen molar-refractivity contribution < 1.29 is 14.4 Å². The van der Waals surface area contributed by atoms with Crippen molar-refractivity contribution in [1.82, 2.24) is 10.1 Å². The summed E-state index contributed by atoms with van der Waals surface area (Å²) in [4.78, 5) is 13.2. The van der Waals surface area contributed by atoms with E-state index < -0.39 is 0 Å². The van der Waals surface area contributed by atoms with Gasteiger partial charge in [0.1, 0.15) is 5.76 Å². The first kappa shape index (κ1) is 12.7. The van der Waals surface area contributed by atoms with E-state index in [4.69, 9.17) is 9.63 Å². The third-order valence-corrected chi connectivity index (χ3v) is 2.25. The fraction of sp³-hybridized carbons (Fsp3) is 0.636. The third kappa shape index (κ3) is 2.82. The van der Waals surface area contributed by atoms with E-state index in [0.717, 1.165) is 0 Å². The largest absolute Gasteiger partial charge is 0.395 e. The van der Waals surface area contributed by atoms with Gasteiger partial charge in [-0.15, -0.1) is 0 Å². The zero-order valence-corrected chi connectivity index (χ0v) is 10.1. The second-order valence-electron chi connectivity index (χ2n) is 4.78. The van der Waals surface area contributed by atoms with E-state index >= 15 is 0 Å². The van der Waals surface area contributed by atoms with E-state index in [1.165, 1.54) is 4.90 Å². The van der Waals surface area contributed by atoms with E-state index in [9.17, 15) is 4.79 Å². The van der Waals surface area contributed by atoms with Crippen molar-refractivity contribution in [2.45, 2.75) is 26.2 Å². The molecule has 0 aliphatic carbocycles. The molecule has 90 valence electrons. The smallest absolute Gasteiger partial charge is 0.275 e. The fourth-order valence-corrected chi connectivity index (χ4v) is 1.18. The third-order valence-electron chi connectivity index (χ3n) is 2.25. The molecule has 0 spiro atoms. The van der Waals surface area contributed by atoms with Gasteiger partial charge >= 0.3 is 0 Å². The molecule has 1 aromatic rings. The summed E-state index contributed by atoms with van der Waals surface area (Å²) in [6.45, 7) is 6.18. The van der Waals surface area contributed by atoms with Crippen LogP contribution in [0.15, 0.2) is 10.6 Å². The summed E-state index contributed by atoms with van der Waals surface area (Å²) in [6.07, 6.45) is 0. The quantitative estimate of drug-likeness (QED) is 0.836. The predicted molar refractivity (Wildman–Crippen MR) is 59.2 cm³/mol. The minimum atomic E-state index is -0.242. The fourth-order valence-electron chi connectivity index (χ4n) is 1.18. The Balaban J connectivity index is 2.82. The van der Waals surface area contributed by atoms with Crippen molar-refractivity contribution in [3.05, 3.63) is 17.5 Å². The van der Waals surface area contributed by atoms with Gasteiger partial charge < -0.3 is 14.5 Å². The molecular formula is C11H18N2O3. The monoisotopic (exact) mass is 226 g/mol. The topological polar surface area (TPSA) is 66.6 Å². The van der Waals surface area contributed by atoms with Crippen molar-refractivity contribution in [1.29, 1.82) is 0 Å². The van der Waals surface area contributed by atoms with Gasteiger partial charge in [0, 0.05) is 25.1 Å². The number of rotatable bonds is 3. The van der Waals surface area contributed by atoms with Crippen molar-refractivity contribution in [3.63, 3.8) is 0 Å². The first-order chi connectivity index (χ1) is 7.36. The van der Waals surface area contributed by atoms with Crippen molar-refractivity contribution in [2.24, 2.45) is 0 Å². The highest BCUT2D eigenvalue weighted by Gasteiger charge is 2.23. The average Bonchev–Trinajstić information content (AvgIpc) is 2.65. The normalized spacial score (nSPS) is 11.6. The zero-order chi connectivity index (χ0) is 12.3. The van der Waals surface area contributed by atoms with Gasteiger partial charge in [-0.2, -0.15) is 0 Å². The molecule has 0 saturated carbocycles. The number of nitrogens with zero attached hydrogens (tertiary/aromatic N) is 2. The van der Waals surface area contributed by atoms with Crippen LogP contribution < -0.4 is 0 Å². The highest BCUT2D eigenvalue weighted by Crippen LogP contribution is 2.22. The molecule has 1 aromatic heterocycles. The van der Waals surface area contributed by atoms with Crippen LogP contribution in [0.3, 0.4) is 0 Å². The summed E-state index contributed by atoms with van der Waals surface area (Å²) in [7, 11) is 1.62. The number of hydrogen-bond acceptors (Lipinski definition) is 4. The molecule has 5 nitrogen and oxygen atoms in total. The second-order valence-corrected chi connectivity index (χ2v) is 4.78. The van der Waals surface area contributed by atoms with E-state index in [2.05, 4.69) is 5.16 Å². The zero-order valence-electron chi connectivity index (χ0n) is 10.1. The van der Waals surface area contributed by atoms with Crippen LogP contribution >= 0.6 is 0 Å². The first-order valence-corrected chi connectivity index (χ1v) is 5.20. The lowest BCUT2D eigenvalue weighted by atomic mass is 9.93. The van der Waals surface area contributed by atoms with E-state index in [1.807, 2.05) is 20.8 Å². The lowest BCUT2D eigenvalue weighted by Crippen LogP contribution is -2.29. The van der Waals surface area contributed by atoms with Crippen LogP contribution in [0.5, 0.6) is 0 Å². The number of aliphatic hydroxyl groups excluding tert-OH is 1. The SMILES string of the molecule is CN(CCO)C(=O)c1cc(C(C)(C)C)on1. The molecule has 16 heavy (non-hydrogen) atoms. The van der Waals surface area contributed by atoms with Gasteiger partial charge in [-0.3, -0.25) is 4.79 Å².